The largest absolute Gasteiger partial charge is 0.384 e. The summed E-state index contributed by atoms with van der Waals surface area (Å²) in [5, 5.41) is 21.0. The van der Waals surface area contributed by atoms with Crippen molar-refractivity contribution in [3.8, 4) is 0 Å². The SMILES string of the molecule is CC[C@@H](CCc1cc2ccc(C(=N)N)cc2n1CC)C(=N)C1CCCNC1. The highest BCUT2D eigenvalue weighted by atomic mass is 15.0. The van der Waals surface area contributed by atoms with E-state index in [9.17, 15) is 0 Å². The predicted molar refractivity (Wildman–Crippen MR) is 114 cm³/mol. The van der Waals surface area contributed by atoms with Crippen LogP contribution in [0.25, 0.3) is 10.9 Å². The van der Waals surface area contributed by atoms with E-state index >= 15 is 0 Å². The molecule has 5 N–H and O–H groups in total. The number of amidine groups is 1. The maximum atomic E-state index is 8.70. The molecule has 0 bridgehead atoms. The van der Waals surface area contributed by atoms with Gasteiger partial charge in [0, 0.05) is 41.5 Å². The van der Waals surface area contributed by atoms with Gasteiger partial charge >= 0.3 is 0 Å². The molecule has 0 spiro atoms. The van der Waals surface area contributed by atoms with Crippen LogP contribution in [0, 0.1) is 22.7 Å². The number of hydrogen-bond donors (Lipinski definition) is 4. The van der Waals surface area contributed by atoms with Crippen molar-refractivity contribution < 1.29 is 0 Å². The van der Waals surface area contributed by atoms with Crippen LogP contribution in [-0.2, 0) is 13.0 Å². The number of hydrogen-bond acceptors (Lipinski definition) is 3. The molecule has 2 heterocycles. The molecule has 27 heavy (non-hydrogen) atoms. The highest BCUT2D eigenvalue weighted by Gasteiger charge is 2.24. The smallest absolute Gasteiger partial charge is 0.122 e. The molecular formula is C22H33N5. The van der Waals surface area contributed by atoms with Gasteiger partial charge in [-0.25, -0.2) is 0 Å². The summed E-state index contributed by atoms with van der Waals surface area (Å²) in [6.45, 7) is 7.35. The summed E-state index contributed by atoms with van der Waals surface area (Å²) in [5.41, 5.74) is 9.87. The minimum Gasteiger partial charge on any atom is -0.384 e. The lowest BCUT2D eigenvalue weighted by Gasteiger charge is -2.28. The highest BCUT2D eigenvalue weighted by Crippen LogP contribution is 2.26. The average molecular weight is 368 g/mol. The molecular weight excluding hydrogens is 334 g/mol. The monoisotopic (exact) mass is 367 g/mol. The molecule has 0 saturated carbocycles. The first-order valence-corrected chi connectivity index (χ1v) is 10.3. The molecule has 146 valence electrons. The van der Waals surface area contributed by atoms with Gasteiger partial charge in [-0.3, -0.25) is 5.41 Å². The van der Waals surface area contributed by atoms with Crippen molar-refractivity contribution >= 4 is 22.5 Å². The third-order valence-electron chi connectivity index (χ3n) is 6.04. The molecule has 1 aromatic carbocycles. The molecule has 3 rings (SSSR count). The first-order chi connectivity index (χ1) is 13.0. The van der Waals surface area contributed by atoms with Gasteiger partial charge in [-0.15, -0.1) is 0 Å². The van der Waals surface area contributed by atoms with Crippen molar-refractivity contribution in [2.24, 2.45) is 17.6 Å². The second-order valence-electron chi connectivity index (χ2n) is 7.71. The minimum atomic E-state index is 0.114. The van der Waals surface area contributed by atoms with Gasteiger partial charge in [0.2, 0.25) is 0 Å². The van der Waals surface area contributed by atoms with E-state index in [1.54, 1.807) is 0 Å². The summed E-state index contributed by atoms with van der Waals surface area (Å²) < 4.78 is 2.33. The van der Waals surface area contributed by atoms with Crippen LogP contribution in [0.3, 0.4) is 0 Å². The molecule has 2 aromatic rings. The molecule has 1 aliphatic heterocycles. The molecule has 1 unspecified atom stereocenters. The van der Waals surface area contributed by atoms with Crippen LogP contribution in [-0.4, -0.2) is 29.2 Å². The van der Waals surface area contributed by atoms with Crippen LogP contribution in [0.5, 0.6) is 0 Å². The Balaban J connectivity index is 1.76. The Kier molecular flexibility index (Phi) is 6.32. The van der Waals surface area contributed by atoms with Crippen LogP contribution < -0.4 is 11.1 Å². The molecule has 1 saturated heterocycles. The van der Waals surface area contributed by atoms with Crippen LogP contribution in [0.4, 0.5) is 0 Å². The van der Waals surface area contributed by atoms with E-state index in [-0.39, 0.29) is 5.84 Å². The first-order valence-electron chi connectivity index (χ1n) is 10.3. The first kappa shape index (κ1) is 19.6. The van der Waals surface area contributed by atoms with E-state index in [1.807, 2.05) is 12.1 Å². The Morgan fingerprint density at radius 1 is 1.30 bits per heavy atom. The van der Waals surface area contributed by atoms with Gasteiger partial charge in [0.1, 0.15) is 5.84 Å². The summed E-state index contributed by atoms with van der Waals surface area (Å²) in [6.07, 6.45) is 5.40. The van der Waals surface area contributed by atoms with Gasteiger partial charge in [-0.1, -0.05) is 19.1 Å². The summed E-state index contributed by atoms with van der Waals surface area (Å²) in [5.74, 6) is 0.896. The van der Waals surface area contributed by atoms with Crippen molar-refractivity contribution in [2.45, 2.75) is 52.5 Å². The molecule has 1 aromatic heterocycles. The predicted octanol–water partition coefficient (Wildman–Crippen LogP) is 3.92. The fourth-order valence-corrected chi connectivity index (χ4v) is 4.41. The van der Waals surface area contributed by atoms with Crippen molar-refractivity contribution in [3.05, 3.63) is 35.5 Å². The van der Waals surface area contributed by atoms with E-state index in [2.05, 4.69) is 35.9 Å². The van der Waals surface area contributed by atoms with Crippen molar-refractivity contribution in [1.29, 1.82) is 10.8 Å². The van der Waals surface area contributed by atoms with Gasteiger partial charge in [-0.2, -0.15) is 0 Å². The Morgan fingerprint density at radius 2 is 2.11 bits per heavy atom. The van der Waals surface area contributed by atoms with Crippen LogP contribution in [0.2, 0.25) is 0 Å². The van der Waals surface area contributed by atoms with Gasteiger partial charge in [0.15, 0.2) is 0 Å². The van der Waals surface area contributed by atoms with Crippen molar-refractivity contribution in [3.63, 3.8) is 0 Å². The molecule has 1 fully saturated rings. The number of nitrogens with one attached hydrogen (secondary N) is 3. The number of aromatic nitrogens is 1. The van der Waals surface area contributed by atoms with Gasteiger partial charge in [0.25, 0.3) is 0 Å². The maximum absolute atomic E-state index is 8.70. The topological polar surface area (TPSA) is 90.7 Å². The summed E-state index contributed by atoms with van der Waals surface area (Å²) >= 11 is 0. The standard InChI is InChI=1S/C22H33N5/c1-3-15(21(23)18-6-5-11-26-14-18)9-10-19-12-16-7-8-17(22(24)25)13-20(16)27(19)4-2/h7-8,12-13,15,18,23,26H,3-6,9-11,14H2,1-2H3,(H3,24,25)/t15-,18?/m0/s1. The summed E-state index contributed by atoms with van der Waals surface area (Å²) in [6, 6.07) is 8.28. The Bertz CT molecular complexity index is 813. The van der Waals surface area contributed by atoms with Crippen molar-refractivity contribution in [2.75, 3.05) is 13.1 Å². The third-order valence-corrected chi connectivity index (χ3v) is 6.04. The molecule has 0 aliphatic carbocycles. The number of fused-ring (bicyclic) bond motifs is 1. The average Bonchev–Trinajstić information content (AvgIpc) is 3.05. The number of benzene rings is 1. The lowest BCUT2D eigenvalue weighted by Crippen LogP contribution is -2.37. The number of piperidine rings is 1. The lowest BCUT2D eigenvalue weighted by molar-refractivity contribution is 0.433. The zero-order chi connectivity index (χ0) is 19.4. The minimum absolute atomic E-state index is 0.114. The second kappa shape index (κ2) is 8.70. The van der Waals surface area contributed by atoms with Crippen LogP contribution in [0.15, 0.2) is 24.3 Å². The molecule has 5 heteroatoms. The zero-order valence-electron chi connectivity index (χ0n) is 16.6. The Morgan fingerprint density at radius 3 is 2.74 bits per heavy atom. The fourth-order valence-electron chi connectivity index (χ4n) is 4.41. The molecule has 0 amide bonds. The summed E-state index contributed by atoms with van der Waals surface area (Å²) in [7, 11) is 0. The number of nitrogen functional groups attached to an aromatic ring is 1. The van der Waals surface area contributed by atoms with Gasteiger partial charge in [-0.05, 0) is 69.0 Å². The van der Waals surface area contributed by atoms with E-state index in [0.29, 0.717) is 11.8 Å². The van der Waals surface area contributed by atoms with E-state index in [1.165, 1.54) is 17.5 Å². The van der Waals surface area contributed by atoms with Crippen molar-refractivity contribution in [1.82, 2.24) is 9.88 Å². The molecule has 0 radical (unpaired) electrons. The quantitative estimate of drug-likeness (QED) is 0.421. The number of nitrogens with two attached hydrogens (primary N) is 1. The number of rotatable bonds is 8. The zero-order valence-corrected chi connectivity index (χ0v) is 16.6. The fraction of sp³-hybridized carbons (Fsp3) is 0.545. The Hall–Kier alpha value is -2.14. The van der Waals surface area contributed by atoms with E-state index in [0.717, 1.165) is 62.1 Å². The maximum Gasteiger partial charge on any atom is 0.122 e. The Labute approximate surface area is 162 Å². The van der Waals surface area contributed by atoms with Crippen LogP contribution in [0.1, 0.15) is 50.8 Å². The van der Waals surface area contributed by atoms with Gasteiger partial charge in [0.05, 0.1) is 0 Å². The van der Waals surface area contributed by atoms with E-state index in [4.69, 9.17) is 16.6 Å². The summed E-state index contributed by atoms with van der Waals surface area (Å²) in [4.78, 5) is 0. The highest BCUT2D eigenvalue weighted by molar-refractivity contribution is 5.98. The normalized spacial score (nSPS) is 18.5. The molecule has 1 aliphatic rings. The third kappa shape index (κ3) is 4.24. The van der Waals surface area contributed by atoms with Gasteiger partial charge < -0.3 is 21.0 Å². The molecule has 2 atom stereocenters. The molecule has 5 nitrogen and oxygen atoms in total. The number of aryl methyl sites for hydroxylation is 2. The lowest BCUT2D eigenvalue weighted by atomic mass is 9.83. The van der Waals surface area contributed by atoms with E-state index < -0.39 is 0 Å². The van der Waals surface area contributed by atoms with Crippen LogP contribution >= 0.6 is 0 Å². The number of nitrogens with zero attached hydrogens (tertiary/aromatic N) is 1. The second-order valence-corrected chi connectivity index (χ2v) is 7.71.